The molecular formula is C24H32N8O3. The number of rotatable bonds is 7. The zero-order chi connectivity index (χ0) is 24.2. The second-order valence-corrected chi connectivity index (χ2v) is 9.24. The van der Waals surface area contributed by atoms with E-state index in [4.69, 9.17) is 9.47 Å². The number of nitrogens with one attached hydrogen (secondary N) is 1. The topological polar surface area (TPSA) is 112 Å². The van der Waals surface area contributed by atoms with Gasteiger partial charge in [-0.25, -0.2) is 15.0 Å². The van der Waals surface area contributed by atoms with Gasteiger partial charge in [-0.2, -0.15) is 4.98 Å². The van der Waals surface area contributed by atoms with Crippen LogP contribution in [0, 0.1) is 5.92 Å². The lowest BCUT2D eigenvalue weighted by molar-refractivity contribution is 0.0490. The fraction of sp³-hybridized carbons (Fsp3) is 0.542. The number of ether oxygens (including phenoxy) is 2. The van der Waals surface area contributed by atoms with E-state index < -0.39 is 0 Å². The molecule has 5 heterocycles. The van der Waals surface area contributed by atoms with Crippen LogP contribution < -0.4 is 15.0 Å². The standard InChI is InChI=1S/C24H32N8O3/c1-30-10-7-26-24(30)32-8-3-18(4-9-32)27-23(33)19-13-21(35-15-17-5-11-34-12-6-17)29-22(28-19)20-14-25-16-31(20)2/h7,10,13-14,16-18H,3-6,8-9,11-12,15H2,1-2H3,(H,27,33). The third kappa shape index (κ3) is 5.45. The summed E-state index contributed by atoms with van der Waals surface area (Å²) in [5.41, 5.74) is 1.02. The summed E-state index contributed by atoms with van der Waals surface area (Å²) in [6.45, 7) is 3.71. The van der Waals surface area contributed by atoms with Crippen molar-refractivity contribution in [2.45, 2.75) is 31.7 Å². The van der Waals surface area contributed by atoms with Crippen LogP contribution in [0.25, 0.3) is 11.5 Å². The number of amides is 1. The van der Waals surface area contributed by atoms with Crippen LogP contribution >= 0.6 is 0 Å². The van der Waals surface area contributed by atoms with E-state index in [1.165, 1.54) is 0 Å². The van der Waals surface area contributed by atoms with Gasteiger partial charge in [0.15, 0.2) is 5.82 Å². The molecule has 11 heteroatoms. The first-order chi connectivity index (χ1) is 17.1. The number of nitrogens with zero attached hydrogens (tertiary/aromatic N) is 7. The number of carbonyl (C=O) groups excluding carboxylic acids is 1. The Kier molecular flexibility index (Phi) is 6.94. The van der Waals surface area contributed by atoms with Crippen LogP contribution in [0.2, 0.25) is 0 Å². The molecule has 0 bridgehead atoms. The van der Waals surface area contributed by atoms with Gasteiger partial charge in [0.25, 0.3) is 5.91 Å². The van der Waals surface area contributed by atoms with E-state index in [9.17, 15) is 4.79 Å². The highest BCUT2D eigenvalue weighted by Crippen LogP contribution is 2.22. The van der Waals surface area contributed by atoms with E-state index in [0.717, 1.165) is 63.6 Å². The third-order valence-electron chi connectivity index (χ3n) is 6.70. The van der Waals surface area contributed by atoms with Crippen LogP contribution in [0.1, 0.15) is 36.2 Å². The average molecular weight is 481 g/mol. The molecule has 2 aliphatic heterocycles. The molecule has 0 aromatic carbocycles. The maximum atomic E-state index is 13.2. The molecule has 1 amide bonds. The number of aromatic nitrogens is 6. The van der Waals surface area contributed by atoms with Gasteiger partial charge >= 0.3 is 0 Å². The Hall–Kier alpha value is -3.47. The number of anilines is 1. The zero-order valence-electron chi connectivity index (χ0n) is 20.3. The Bertz CT molecular complexity index is 1150. The second-order valence-electron chi connectivity index (χ2n) is 9.24. The minimum absolute atomic E-state index is 0.0701. The Labute approximate surface area is 204 Å². The molecule has 2 fully saturated rings. The second kappa shape index (κ2) is 10.4. The Morgan fingerprint density at radius 3 is 2.63 bits per heavy atom. The molecule has 3 aromatic heterocycles. The van der Waals surface area contributed by atoms with E-state index >= 15 is 0 Å². The van der Waals surface area contributed by atoms with E-state index in [1.807, 2.05) is 29.4 Å². The summed E-state index contributed by atoms with van der Waals surface area (Å²) in [6, 6.07) is 1.71. The smallest absolute Gasteiger partial charge is 0.270 e. The highest BCUT2D eigenvalue weighted by molar-refractivity contribution is 5.93. The quantitative estimate of drug-likeness (QED) is 0.545. The van der Waals surface area contributed by atoms with Crippen molar-refractivity contribution in [2.75, 3.05) is 37.8 Å². The number of aryl methyl sites for hydroxylation is 2. The lowest BCUT2D eigenvalue weighted by Crippen LogP contribution is -2.45. The van der Waals surface area contributed by atoms with Gasteiger partial charge < -0.3 is 28.8 Å². The first-order valence-electron chi connectivity index (χ1n) is 12.2. The number of hydrogen-bond acceptors (Lipinski definition) is 8. The van der Waals surface area contributed by atoms with Crippen LogP contribution in [-0.2, 0) is 18.8 Å². The Balaban J connectivity index is 1.28. The van der Waals surface area contributed by atoms with Gasteiger partial charge in [0.2, 0.25) is 11.8 Å². The number of imidazole rings is 2. The van der Waals surface area contributed by atoms with E-state index in [2.05, 4.69) is 30.2 Å². The molecule has 1 N–H and O–H groups in total. The zero-order valence-corrected chi connectivity index (χ0v) is 20.3. The summed E-state index contributed by atoms with van der Waals surface area (Å²) in [4.78, 5) is 33.2. The first-order valence-corrected chi connectivity index (χ1v) is 12.2. The molecule has 0 atom stereocenters. The summed E-state index contributed by atoms with van der Waals surface area (Å²) in [5, 5.41) is 3.16. The number of hydrogen-bond donors (Lipinski definition) is 1. The Morgan fingerprint density at radius 1 is 1.14 bits per heavy atom. The van der Waals surface area contributed by atoms with Crippen molar-refractivity contribution in [1.29, 1.82) is 0 Å². The van der Waals surface area contributed by atoms with Crippen molar-refractivity contribution < 1.29 is 14.3 Å². The van der Waals surface area contributed by atoms with Gasteiger partial charge in [0, 0.05) is 64.9 Å². The molecule has 3 aromatic rings. The van der Waals surface area contributed by atoms with Crippen molar-refractivity contribution in [3.05, 3.63) is 36.7 Å². The van der Waals surface area contributed by atoms with Gasteiger partial charge in [-0.1, -0.05) is 0 Å². The van der Waals surface area contributed by atoms with E-state index in [-0.39, 0.29) is 11.9 Å². The van der Waals surface area contributed by atoms with Crippen LogP contribution in [-0.4, -0.2) is 73.9 Å². The molecule has 2 saturated heterocycles. The number of piperidine rings is 1. The summed E-state index contributed by atoms with van der Waals surface area (Å²) in [5.74, 6) is 1.97. The van der Waals surface area contributed by atoms with Crippen molar-refractivity contribution in [3.63, 3.8) is 0 Å². The van der Waals surface area contributed by atoms with Crippen LogP contribution in [0.4, 0.5) is 5.95 Å². The molecule has 0 saturated carbocycles. The summed E-state index contributed by atoms with van der Waals surface area (Å²) in [6.07, 6.45) is 10.7. The summed E-state index contributed by atoms with van der Waals surface area (Å²) >= 11 is 0. The van der Waals surface area contributed by atoms with Crippen LogP contribution in [0.3, 0.4) is 0 Å². The fourth-order valence-corrected chi connectivity index (χ4v) is 4.56. The molecule has 0 spiro atoms. The lowest BCUT2D eigenvalue weighted by atomic mass is 10.0. The molecular weight excluding hydrogens is 448 g/mol. The molecule has 2 aliphatic rings. The SMILES string of the molecule is Cn1cncc1-c1nc(OCC2CCOCC2)cc(C(=O)NC2CCN(c3nccn3C)CC2)n1. The predicted octanol–water partition coefficient (Wildman–Crippen LogP) is 1.81. The van der Waals surface area contributed by atoms with Gasteiger partial charge in [0.1, 0.15) is 11.4 Å². The van der Waals surface area contributed by atoms with Gasteiger partial charge in [-0.15, -0.1) is 0 Å². The number of carbonyl (C=O) groups is 1. The van der Waals surface area contributed by atoms with Crippen LogP contribution in [0.5, 0.6) is 5.88 Å². The maximum Gasteiger partial charge on any atom is 0.270 e. The fourth-order valence-electron chi connectivity index (χ4n) is 4.56. The predicted molar refractivity (Wildman–Crippen MR) is 129 cm³/mol. The summed E-state index contributed by atoms with van der Waals surface area (Å²) < 4.78 is 15.3. The minimum atomic E-state index is -0.220. The first kappa shape index (κ1) is 23.3. The monoisotopic (exact) mass is 480 g/mol. The van der Waals surface area contributed by atoms with E-state index in [1.54, 1.807) is 24.8 Å². The minimum Gasteiger partial charge on any atom is -0.477 e. The summed E-state index contributed by atoms with van der Waals surface area (Å²) in [7, 11) is 3.86. The molecule has 0 aliphatic carbocycles. The van der Waals surface area contributed by atoms with Crippen molar-refractivity contribution >= 4 is 11.9 Å². The highest BCUT2D eigenvalue weighted by atomic mass is 16.5. The van der Waals surface area contributed by atoms with Crippen LogP contribution in [0.15, 0.2) is 31.0 Å². The molecule has 11 nitrogen and oxygen atoms in total. The van der Waals surface area contributed by atoms with Crippen molar-refractivity contribution in [1.82, 2.24) is 34.4 Å². The third-order valence-corrected chi connectivity index (χ3v) is 6.70. The largest absolute Gasteiger partial charge is 0.477 e. The van der Waals surface area contributed by atoms with Gasteiger partial charge in [0.05, 0.1) is 19.1 Å². The molecule has 186 valence electrons. The average Bonchev–Trinajstić information content (AvgIpc) is 3.51. The molecule has 0 radical (unpaired) electrons. The Morgan fingerprint density at radius 2 is 1.94 bits per heavy atom. The molecule has 35 heavy (non-hydrogen) atoms. The lowest BCUT2D eigenvalue weighted by Gasteiger charge is -2.32. The molecule has 0 unspecified atom stereocenters. The van der Waals surface area contributed by atoms with Crippen molar-refractivity contribution in [3.8, 4) is 17.4 Å². The maximum absolute atomic E-state index is 13.2. The van der Waals surface area contributed by atoms with Crippen molar-refractivity contribution in [2.24, 2.45) is 20.0 Å². The highest BCUT2D eigenvalue weighted by Gasteiger charge is 2.25. The van der Waals surface area contributed by atoms with E-state index in [0.29, 0.717) is 29.9 Å². The van der Waals surface area contributed by atoms with Gasteiger partial charge in [-0.3, -0.25) is 4.79 Å². The van der Waals surface area contributed by atoms with Gasteiger partial charge in [-0.05, 0) is 31.6 Å². The normalized spacial score (nSPS) is 17.5. The molecule has 5 rings (SSSR count).